The Bertz CT molecular complexity index is 711. The van der Waals surface area contributed by atoms with Crippen LogP contribution in [0.5, 0.6) is 5.75 Å². The number of amides is 1. The predicted octanol–water partition coefficient (Wildman–Crippen LogP) is 3.96. The molecule has 1 atom stereocenters. The highest BCUT2D eigenvalue weighted by Gasteiger charge is 2.30. The molecule has 3 nitrogen and oxygen atoms in total. The second-order valence-electron chi connectivity index (χ2n) is 5.28. The third kappa shape index (κ3) is 3.31. The highest BCUT2D eigenvalue weighted by Crippen LogP contribution is 2.32. The summed E-state index contributed by atoms with van der Waals surface area (Å²) in [5.74, 6) is 0.317. The zero-order valence-corrected chi connectivity index (χ0v) is 12.1. The smallest absolute Gasteiger partial charge is 0.416 e. The van der Waals surface area contributed by atoms with Gasteiger partial charge in [0.25, 0.3) is 5.91 Å². The fraction of sp³-hybridized carbons (Fsp3) is 0.235. The molecule has 6 heteroatoms. The monoisotopic (exact) mass is 321 g/mol. The molecule has 1 aliphatic heterocycles. The number of para-hydroxylation sites is 1. The van der Waals surface area contributed by atoms with Crippen molar-refractivity contribution in [1.29, 1.82) is 0 Å². The van der Waals surface area contributed by atoms with Crippen LogP contribution in [0.3, 0.4) is 0 Å². The van der Waals surface area contributed by atoms with Crippen molar-refractivity contribution in [3.05, 3.63) is 65.2 Å². The molecule has 2 aromatic rings. The summed E-state index contributed by atoms with van der Waals surface area (Å²) in [6.07, 6.45) is -3.79. The summed E-state index contributed by atoms with van der Waals surface area (Å²) in [4.78, 5) is 12.3. The molecule has 120 valence electrons. The normalized spacial score (nSPS) is 17.1. The number of carbonyl (C=O) groups is 1. The number of halogens is 3. The summed E-state index contributed by atoms with van der Waals surface area (Å²) < 4.78 is 43.2. The van der Waals surface area contributed by atoms with E-state index in [9.17, 15) is 18.0 Å². The standard InChI is InChI=1S/C17H14F3NO2/c18-17(19,20)12-7-5-11(6-8-12)16(22)21-14-9-10-23-15-4-2-1-3-13(14)15/h1-8,14H,9-10H2,(H,21,22)/t14-/m0/s1. The lowest BCUT2D eigenvalue weighted by Crippen LogP contribution is -2.32. The summed E-state index contributed by atoms with van der Waals surface area (Å²) >= 11 is 0. The van der Waals surface area contributed by atoms with Gasteiger partial charge in [-0.05, 0) is 30.3 Å². The van der Waals surface area contributed by atoms with E-state index in [4.69, 9.17) is 4.74 Å². The Hall–Kier alpha value is -2.50. The Morgan fingerprint density at radius 1 is 1.09 bits per heavy atom. The number of alkyl halides is 3. The van der Waals surface area contributed by atoms with Gasteiger partial charge < -0.3 is 10.1 Å². The molecular weight excluding hydrogens is 307 g/mol. The van der Waals surface area contributed by atoms with E-state index in [1.54, 1.807) is 0 Å². The Kier molecular flexibility index (Phi) is 3.98. The van der Waals surface area contributed by atoms with Crippen molar-refractivity contribution in [3.63, 3.8) is 0 Å². The van der Waals surface area contributed by atoms with Crippen molar-refractivity contribution >= 4 is 5.91 Å². The van der Waals surface area contributed by atoms with Crippen LogP contribution in [0.1, 0.15) is 33.9 Å². The van der Waals surface area contributed by atoms with Gasteiger partial charge in [-0.2, -0.15) is 13.2 Å². The van der Waals surface area contributed by atoms with Gasteiger partial charge in [-0.3, -0.25) is 4.79 Å². The molecule has 1 N–H and O–H groups in total. The molecule has 0 spiro atoms. The van der Waals surface area contributed by atoms with Crippen LogP contribution in [0.2, 0.25) is 0 Å². The number of carbonyl (C=O) groups excluding carboxylic acids is 1. The van der Waals surface area contributed by atoms with Crippen molar-refractivity contribution in [3.8, 4) is 5.75 Å². The maximum atomic E-state index is 12.5. The second-order valence-corrected chi connectivity index (χ2v) is 5.28. The van der Waals surface area contributed by atoms with Crippen LogP contribution in [-0.4, -0.2) is 12.5 Å². The minimum Gasteiger partial charge on any atom is -0.493 e. The third-order valence-electron chi connectivity index (χ3n) is 3.74. The van der Waals surface area contributed by atoms with Crippen LogP contribution in [0.15, 0.2) is 48.5 Å². The predicted molar refractivity (Wildman–Crippen MR) is 78.2 cm³/mol. The van der Waals surface area contributed by atoms with Crippen molar-refractivity contribution in [2.24, 2.45) is 0 Å². The summed E-state index contributed by atoms with van der Waals surface area (Å²) in [6.45, 7) is 0.481. The quantitative estimate of drug-likeness (QED) is 0.909. The molecule has 2 aromatic carbocycles. The maximum Gasteiger partial charge on any atom is 0.416 e. The van der Waals surface area contributed by atoms with Crippen LogP contribution in [0, 0.1) is 0 Å². The lowest BCUT2D eigenvalue weighted by molar-refractivity contribution is -0.137. The number of nitrogens with one attached hydrogen (secondary N) is 1. The number of hydrogen-bond donors (Lipinski definition) is 1. The molecule has 0 fully saturated rings. The minimum atomic E-state index is -4.41. The first-order chi connectivity index (χ1) is 10.9. The lowest BCUT2D eigenvalue weighted by Gasteiger charge is -2.26. The number of benzene rings is 2. The molecule has 1 heterocycles. The van der Waals surface area contributed by atoms with Crippen molar-refractivity contribution < 1.29 is 22.7 Å². The Morgan fingerprint density at radius 2 is 1.78 bits per heavy atom. The second kappa shape index (κ2) is 5.95. The van der Waals surface area contributed by atoms with E-state index in [1.807, 2.05) is 24.3 Å². The van der Waals surface area contributed by atoms with E-state index in [2.05, 4.69) is 5.32 Å². The van der Waals surface area contributed by atoms with Crippen molar-refractivity contribution in [2.75, 3.05) is 6.61 Å². The molecule has 3 rings (SSSR count). The van der Waals surface area contributed by atoms with Gasteiger partial charge in [0.1, 0.15) is 5.75 Å². The number of fused-ring (bicyclic) bond motifs is 1. The summed E-state index contributed by atoms with van der Waals surface area (Å²) in [5, 5.41) is 2.85. The van der Waals surface area contributed by atoms with E-state index in [0.717, 1.165) is 23.4 Å². The molecular formula is C17H14F3NO2. The van der Waals surface area contributed by atoms with Crippen LogP contribution < -0.4 is 10.1 Å². The summed E-state index contributed by atoms with van der Waals surface area (Å²) in [6, 6.07) is 11.4. The number of ether oxygens (including phenoxy) is 1. The van der Waals surface area contributed by atoms with E-state index in [0.29, 0.717) is 13.0 Å². The van der Waals surface area contributed by atoms with Gasteiger partial charge in [-0.15, -0.1) is 0 Å². The topological polar surface area (TPSA) is 38.3 Å². The maximum absolute atomic E-state index is 12.5. The zero-order chi connectivity index (χ0) is 16.4. The van der Waals surface area contributed by atoms with Crippen molar-refractivity contribution in [1.82, 2.24) is 5.32 Å². The first-order valence-electron chi connectivity index (χ1n) is 7.15. The third-order valence-corrected chi connectivity index (χ3v) is 3.74. The van der Waals surface area contributed by atoms with Crippen LogP contribution >= 0.6 is 0 Å². The lowest BCUT2D eigenvalue weighted by atomic mass is 10.00. The summed E-state index contributed by atoms with van der Waals surface area (Å²) in [7, 11) is 0. The number of rotatable bonds is 2. The molecule has 0 saturated heterocycles. The fourth-order valence-corrected chi connectivity index (χ4v) is 2.54. The van der Waals surface area contributed by atoms with Crippen LogP contribution in [-0.2, 0) is 6.18 Å². The largest absolute Gasteiger partial charge is 0.493 e. The first kappa shape index (κ1) is 15.4. The van der Waals surface area contributed by atoms with Crippen LogP contribution in [0.4, 0.5) is 13.2 Å². The van der Waals surface area contributed by atoms with Gasteiger partial charge in [-0.1, -0.05) is 18.2 Å². The molecule has 0 aromatic heterocycles. The average molecular weight is 321 g/mol. The minimum absolute atomic E-state index is 0.196. The Labute approximate surface area is 131 Å². The molecule has 1 aliphatic rings. The van der Waals surface area contributed by atoms with E-state index in [-0.39, 0.29) is 11.6 Å². The molecule has 0 aliphatic carbocycles. The van der Waals surface area contributed by atoms with E-state index >= 15 is 0 Å². The highest BCUT2D eigenvalue weighted by atomic mass is 19.4. The SMILES string of the molecule is O=C(N[C@H]1CCOc2ccccc21)c1ccc(C(F)(F)F)cc1. The Morgan fingerprint density at radius 3 is 2.48 bits per heavy atom. The molecule has 0 radical (unpaired) electrons. The highest BCUT2D eigenvalue weighted by molar-refractivity contribution is 5.94. The zero-order valence-electron chi connectivity index (χ0n) is 12.1. The molecule has 23 heavy (non-hydrogen) atoms. The van der Waals surface area contributed by atoms with Gasteiger partial charge in [0, 0.05) is 17.5 Å². The summed E-state index contributed by atoms with van der Waals surface area (Å²) in [5.41, 5.74) is 0.298. The van der Waals surface area contributed by atoms with E-state index in [1.165, 1.54) is 12.1 Å². The number of hydrogen-bond acceptors (Lipinski definition) is 2. The van der Waals surface area contributed by atoms with E-state index < -0.39 is 17.6 Å². The van der Waals surface area contributed by atoms with Crippen molar-refractivity contribution in [2.45, 2.75) is 18.6 Å². The van der Waals surface area contributed by atoms with Gasteiger partial charge >= 0.3 is 6.18 Å². The van der Waals surface area contributed by atoms with Gasteiger partial charge in [0.05, 0.1) is 18.2 Å². The van der Waals surface area contributed by atoms with Gasteiger partial charge in [0.15, 0.2) is 0 Å². The molecule has 0 unspecified atom stereocenters. The van der Waals surface area contributed by atoms with Crippen LogP contribution in [0.25, 0.3) is 0 Å². The fourth-order valence-electron chi connectivity index (χ4n) is 2.54. The van der Waals surface area contributed by atoms with Gasteiger partial charge in [0.2, 0.25) is 0 Å². The average Bonchev–Trinajstić information content (AvgIpc) is 2.54. The first-order valence-corrected chi connectivity index (χ1v) is 7.15. The Balaban J connectivity index is 1.75. The molecule has 0 bridgehead atoms. The molecule has 1 amide bonds. The van der Waals surface area contributed by atoms with Gasteiger partial charge in [-0.25, -0.2) is 0 Å². The molecule has 0 saturated carbocycles.